The van der Waals surface area contributed by atoms with Gasteiger partial charge in [-0.2, -0.15) is 5.26 Å². The van der Waals surface area contributed by atoms with Crippen LogP contribution in [0.5, 0.6) is 0 Å². The van der Waals surface area contributed by atoms with Crippen LogP contribution in [0.15, 0.2) is 18.3 Å². The Hall–Kier alpha value is -1.60. The average molecular weight is 242 g/mol. The van der Waals surface area contributed by atoms with Crippen molar-refractivity contribution in [3.8, 4) is 6.07 Å². The summed E-state index contributed by atoms with van der Waals surface area (Å²) in [5, 5.41) is 9.20. The Morgan fingerprint density at radius 3 is 3.11 bits per heavy atom. The molecule has 0 radical (unpaired) electrons. The molecule has 0 aromatic carbocycles. The smallest absolute Gasteiger partial charge is 0.146 e. The molecule has 0 spiro atoms. The van der Waals surface area contributed by atoms with Gasteiger partial charge < -0.3 is 4.90 Å². The van der Waals surface area contributed by atoms with Gasteiger partial charge in [0.05, 0.1) is 5.56 Å². The zero-order valence-electron chi connectivity index (χ0n) is 10.7. The summed E-state index contributed by atoms with van der Waals surface area (Å²) in [4.78, 5) is 9.31. The fourth-order valence-electron chi connectivity index (χ4n) is 3.34. The number of rotatable bonds is 1. The predicted octanol–water partition coefficient (Wildman–Crippen LogP) is 1.63. The van der Waals surface area contributed by atoms with Crippen molar-refractivity contribution in [1.29, 1.82) is 5.26 Å². The van der Waals surface area contributed by atoms with Gasteiger partial charge in [0.15, 0.2) is 0 Å². The number of nitrogens with zero attached hydrogens (tertiary/aromatic N) is 4. The Labute approximate surface area is 108 Å². The lowest BCUT2D eigenvalue weighted by molar-refractivity contribution is 0.193. The van der Waals surface area contributed by atoms with Gasteiger partial charge in [-0.05, 0) is 38.4 Å². The molecule has 4 nitrogen and oxygen atoms in total. The first-order valence-electron chi connectivity index (χ1n) is 6.67. The Kier molecular flexibility index (Phi) is 2.92. The number of piperazine rings is 1. The van der Waals surface area contributed by atoms with Crippen molar-refractivity contribution in [3.05, 3.63) is 23.9 Å². The van der Waals surface area contributed by atoms with E-state index in [1.165, 1.54) is 19.4 Å². The van der Waals surface area contributed by atoms with Crippen molar-refractivity contribution in [2.75, 3.05) is 24.5 Å². The van der Waals surface area contributed by atoms with Gasteiger partial charge in [0.1, 0.15) is 11.9 Å². The molecule has 94 valence electrons. The van der Waals surface area contributed by atoms with Crippen LogP contribution in [-0.2, 0) is 0 Å². The van der Waals surface area contributed by atoms with Gasteiger partial charge in [-0.15, -0.1) is 0 Å². The van der Waals surface area contributed by atoms with Gasteiger partial charge in [-0.1, -0.05) is 0 Å². The maximum Gasteiger partial charge on any atom is 0.146 e. The zero-order valence-corrected chi connectivity index (χ0v) is 10.7. The number of fused-ring (bicyclic) bond motifs is 1. The molecule has 2 aliphatic heterocycles. The minimum atomic E-state index is 0.447. The molecule has 2 aliphatic rings. The average Bonchev–Trinajstić information content (AvgIpc) is 2.88. The van der Waals surface area contributed by atoms with Crippen LogP contribution in [0, 0.1) is 11.3 Å². The summed E-state index contributed by atoms with van der Waals surface area (Å²) in [6.07, 6.45) is 4.35. The van der Waals surface area contributed by atoms with Crippen LogP contribution < -0.4 is 4.90 Å². The summed E-state index contributed by atoms with van der Waals surface area (Å²) < 4.78 is 0. The van der Waals surface area contributed by atoms with Crippen molar-refractivity contribution in [2.45, 2.75) is 31.8 Å². The third kappa shape index (κ3) is 1.75. The lowest BCUT2D eigenvalue weighted by Crippen LogP contribution is -2.56. The molecule has 3 rings (SSSR count). The third-order valence-electron chi connectivity index (χ3n) is 4.27. The molecule has 0 amide bonds. The largest absolute Gasteiger partial charge is 0.350 e. The van der Waals surface area contributed by atoms with E-state index in [1.807, 2.05) is 12.1 Å². The molecule has 4 heteroatoms. The van der Waals surface area contributed by atoms with E-state index in [0.717, 1.165) is 18.9 Å². The molecule has 3 heterocycles. The maximum atomic E-state index is 9.20. The lowest BCUT2D eigenvalue weighted by Gasteiger charge is -2.44. The summed E-state index contributed by atoms with van der Waals surface area (Å²) in [5.41, 5.74) is 0.691. The highest BCUT2D eigenvalue weighted by Gasteiger charge is 2.37. The van der Waals surface area contributed by atoms with Crippen molar-refractivity contribution >= 4 is 5.82 Å². The first-order chi connectivity index (χ1) is 8.81. The van der Waals surface area contributed by atoms with Crippen LogP contribution in [0.2, 0.25) is 0 Å². The monoisotopic (exact) mass is 242 g/mol. The lowest BCUT2D eigenvalue weighted by atomic mass is 10.0. The van der Waals surface area contributed by atoms with Crippen molar-refractivity contribution < 1.29 is 0 Å². The summed E-state index contributed by atoms with van der Waals surface area (Å²) in [5.74, 6) is 0.860. The van der Waals surface area contributed by atoms with Gasteiger partial charge in [0.2, 0.25) is 0 Å². The van der Waals surface area contributed by atoms with Crippen molar-refractivity contribution in [3.63, 3.8) is 0 Å². The molecule has 0 saturated carbocycles. The van der Waals surface area contributed by atoms with Crippen LogP contribution in [0.1, 0.15) is 25.3 Å². The number of anilines is 1. The topological polar surface area (TPSA) is 43.2 Å². The summed E-state index contributed by atoms with van der Waals surface area (Å²) in [7, 11) is 0. The Morgan fingerprint density at radius 2 is 2.28 bits per heavy atom. The first-order valence-corrected chi connectivity index (χ1v) is 6.67. The molecule has 2 fully saturated rings. The zero-order chi connectivity index (χ0) is 12.5. The molecule has 0 unspecified atom stereocenters. The van der Waals surface area contributed by atoms with E-state index in [0.29, 0.717) is 17.6 Å². The summed E-state index contributed by atoms with van der Waals surface area (Å²) in [6.45, 7) is 5.56. The molecule has 1 aromatic rings. The van der Waals surface area contributed by atoms with Crippen molar-refractivity contribution in [1.82, 2.24) is 9.88 Å². The number of nitriles is 1. The van der Waals surface area contributed by atoms with E-state index in [2.05, 4.69) is 27.8 Å². The van der Waals surface area contributed by atoms with Gasteiger partial charge in [-0.3, -0.25) is 4.90 Å². The highest BCUT2D eigenvalue weighted by atomic mass is 15.3. The number of aromatic nitrogens is 1. The number of pyridine rings is 1. The molecule has 0 bridgehead atoms. The van der Waals surface area contributed by atoms with Gasteiger partial charge in [0.25, 0.3) is 0 Å². The molecule has 0 N–H and O–H groups in total. The van der Waals surface area contributed by atoms with E-state index >= 15 is 0 Å². The highest BCUT2D eigenvalue weighted by Crippen LogP contribution is 2.30. The second-order valence-electron chi connectivity index (χ2n) is 5.17. The second kappa shape index (κ2) is 4.58. The van der Waals surface area contributed by atoms with E-state index in [1.54, 1.807) is 6.20 Å². The van der Waals surface area contributed by atoms with Crippen LogP contribution in [0.25, 0.3) is 0 Å². The van der Waals surface area contributed by atoms with Gasteiger partial charge in [0, 0.05) is 31.4 Å². The van der Waals surface area contributed by atoms with E-state index in [-0.39, 0.29) is 0 Å². The van der Waals surface area contributed by atoms with Crippen LogP contribution >= 0.6 is 0 Å². The van der Waals surface area contributed by atoms with E-state index < -0.39 is 0 Å². The minimum absolute atomic E-state index is 0.447. The SMILES string of the molecule is C[C@@H]1[C@H]2CCCN2CCN1c1ncccc1C#N. The quantitative estimate of drug-likeness (QED) is 0.750. The fourth-order valence-corrected chi connectivity index (χ4v) is 3.34. The van der Waals surface area contributed by atoms with E-state index in [9.17, 15) is 5.26 Å². The predicted molar refractivity (Wildman–Crippen MR) is 70.4 cm³/mol. The number of hydrogen-bond acceptors (Lipinski definition) is 4. The molecular weight excluding hydrogens is 224 g/mol. The first kappa shape index (κ1) is 11.5. The maximum absolute atomic E-state index is 9.20. The van der Waals surface area contributed by atoms with Crippen LogP contribution in [0.3, 0.4) is 0 Å². The second-order valence-corrected chi connectivity index (χ2v) is 5.17. The molecule has 2 atom stereocenters. The standard InChI is InChI=1S/C14H18N4/c1-11-13-5-3-7-17(13)8-9-18(11)14-12(10-15)4-2-6-16-14/h2,4,6,11,13H,3,5,7-9H2,1H3/t11-,13-/m1/s1. The molecular formula is C14H18N4. The number of hydrogen-bond donors (Lipinski definition) is 0. The van der Waals surface area contributed by atoms with Crippen LogP contribution in [0.4, 0.5) is 5.82 Å². The Balaban J connectivity index is 1.90. The Morgan fingerprint density at radius 1 is 1.39 bits per heavy atom. The van der Waals surface area contributed by atoms with Crippen molar-refractivity contribution in [2.24, 2.45) is 0 Å². The van der Waals surface area contributed by atoms with Crippen LogP contribution in [-0.4, -0.2) is 41.6 Å². The fraction of sp³-hybridized carbons (Fsp3) is 0.571. The minimum Gasteiger partial charge on any atom is -0.350 e. The van der Waals surface area contributed by atoms with Gasteiger partial charge >= 0.3 is 0 Å². The highest BCUT2D eigenvalue weighted by molar-refractivity contribution is 5.54. The summed E-state index contributed by atoms with van der Waals surface area (Å²) in [6, 6.07) is 7.02. The molecule has 18 heavy (non-hydrogen) atoms. The molecule has 0 aliphatic carbocycles. The molecule has 2 saturated heterocycles. The Bertz CT molecular complexity index is 479. The normalized spacial score (nSPS) is 27.9. The van der Waals surface area contributed by atoms with Gasteiger partial charge in [-0.25, -0.2) is 4.98 Å². The molecule has 1 aromatic heterocycles. The van der Waals surface area contributed by atoms with E-state index in [4.69, 9.17) is 0 Å². The summed E-state index contributed by atoms with van der Waals surface area (Å²) >= 11 is 0. The third-order valence-corrected chi connectivity index (χ3v) is 4.27.